The molecular weight excluding hydrogens is 262 g/mol. The first-order valence-electron chi connectivity index (χ1n) is 7.48. The van der Waals surface area contributed by atoms with E-state index in [1.54, 1.807) is 0 Å². The van der Waals surface area contributed by atoms with Crippen LogP contribution in [0.4, 0.5) is 11.6 Å². The number of pyridine rings is 1. The van der Waals surface area contributed by atoms with Crippen LogP contribution in [-0.4, -0.2) is 21.5 Å². The minimum Gasteiger partial charge on any atom is -0.370 e. The fraction of sp³-hybridized carbons (Fsp3) is 0.438. The molecule has 2 aromatic rings. The Balaban J connectivity index is 2.13. The van der Waals surface area contributed by atoms with E-state index in [1.165, 1.54) is 11.1 Å². The molecular formula is C16H23N5. The summed E-state index contributed by atoms with van der Waals surface area (Å²) < 4.78 is 0. The first-order chi connectivity index (χ1) is 10.2. The summed E-state index contributed by atoms with van der Waals surface area (Å²) in [5.74, 6) is 2.62. The predicted octanol–water partition coefficient (Wildman–Crippen LogP) is 3.18. The standard InChI is InChI=1S/C16H23N5/c1-4-6-14-20-15(18-5-2)9-16(21-14)19-11-13-7-8-17-10-12(13)3/h7-10H,4-6,11H2,1-3H3,(H2,18,19,20,21). The summed E-state index contributed by atoms with van der Waals surface area (Å²) >= 11 is 0. The van der Waals surface area contributed by atoms with Crippen LogP contribution < -0.4 is 10.6 Å². The maximum atomic E-state index is 4.57. The van der Waals surface area contributed by atoms with Crippen molar-refractivity contribution in [2.24, 2.45) is 0 Å². The summed E-state index contributed by atoms with van der Waals surface area (Å²) in [6.07, 6.45) is 5.63. The topological polar surface area (TPSA) is 62.7 Å². The lowest BCUT2D eigenvalue weighted by molar-refractivity contribution is 0.833. The van der Waals surface area contributed by atoms with E-state index in [-0.39, 0.29) is 0 Å². The first-order valence-corrected chi connectivity index (χ1v) is 7.48. The lowest BCUT2D eigenvalue weighted by Gasteiger charge is -2.11. The minimum absolute atomic E-state index is 0.739. The lowest BCUT2D eigenvalue weighted by atomic mass is 10.1. The molecule has 21 heavy (non-hydrogen) atoms. The number of anilines is 2. The van der Waals surface area contributed by atoms with Crippen molar-refractivity contribution >= 4 is 11.6 Å². The van der Waals surface area contributed by atoms with E-state index in [2.05, 4.69) is 46.4 Å². The Labute approximate surface area is 126 Å². The zero-order valence-electron chi connectivity index (χ0n) is 13.0. The van der Waals surface area contributed by atoms with Crippen LogP contribution in [0.5, 0.6) is 0 Å². The molecule has 0 aromatic carbocycles. The quantitative estimate of drug-likeness (QED) is 0.818. The van der Waals surface area contributed by atoms with Crippen molar-refractivity contribution in [2.45, 2.75) is 40.2 Å². The minimum atomic E-state index is 0.739. The Morgan fingerprint density at radius 1 is 1.10 bits per heavy atom. The Morgan fingerprint density at radius 3 is 2.52 bits per heavy atom. The average molecular weight is 285 g/mol. The van der Waals surface area contributed by atoms with E-state index in [1.807, 2.05) is 24.5 Å². The van der Waals surface area contributed by atoms with Crippen LogP contribution in [0.2, 0.25) is 0 Å². The van der Waals surface area contributed by atoms with Gasteiger partial charge in [0.2, 0.25) is 0 Å². The zero-order chi connectivity index (χ0) is 15.1. The molecule has 2 rings (SSSR count). The molecule has 0 aliphatic heterocycles. The molecule has 0 saturated heterocycles. The molecule has 0 saturated carbocycles. The monoisotopic (exact) mass is 285 g/mol. The third-order valence-electron chi connectivity index (χ3n) is 3.20. The van der Waals surface area contributed by atoms with Crippen molar-refractivity contribution in [1.82, 2.24) is 15.0 Å². The summed E-state index contributed by atoms with van der Waals surface area (Å²) in [6, 6.07) is 3.99. The van der Waals surface area contributed by atoms with E-state index in [0.717, 1.165) is 43.4 Å². The third-order valence-corrected chi connectivity index (χ3v) is 3.20. The highest BCUT2D eigenvalue weighted by Crippen LogP contribution is 2.14. The molecule has 0 fully saturated rings. The summed E-state index contributed by atoms with van der Waals surface area (Å²) in [4.78, 5) is 13.2. The second-order valence-electron chi connectivity index (χ2n) is 4.99. The summed E-state index contributed by atoms with van der Waals surface area (Å²) in [6.45, 7) is 7.86. The molecule has 2 aromatic heterocycles. The van der Waals surface area contributed by atoms with Gasteiger partial charge in [-0.2, -0.15) is 0 Å². The number of hydrogen-bond acceptors (Lipinski definition) is 5. The maximum Gasteiger partial charge on any atom is 0.133 e. The lowest BCUT2D eigenvalue weighted by Crippen LogP contribution is -2.08. The fourth-order valence-electron chi connectivity index (χ4n) is 2.08. The van der Waals surface area contributed by atoms with Crippen LogP contribution in [0.1, 0.15) is 37.2 Å². The number of aryl methyl sites for hydroxylation is 2. The molecule has 0 amide bonds. The van der Waals surface area contributed by atoms with Crippen molar-refractivity contribution in [3.8, 4) is 0 Å². The molecule has 2 heterocycles. The van der Waals surface area contributed by atoms with Gasteiger partial charge in [0, 0.05) is 38.0 Å². The van der Waals surface area contributed by atoms with Crippen LogP contribution in [0.25, 0.3) is 0 Å². The molecule has 2 N–H and O–H groups in total. The van der Waals surface area contributed by atoms with Gasteiger partial charge >= 0.3 is 0 Å². The smallest absolute Gasteiger partial charge is 0.133 e. The number of aromatic nitrogens is 3. The summed E-state index contributed by atoms with van der Waals surface area (Å²) in [5, 5.41) is 6.64. The van der Waals surface area contributed by atoms with Crippen molar-refractivity contribution in [3.63, 3.8) is 0 Å². The van der Waals surface area contributed by atoms with E-state index in [4.69, 9.17) is 0 Å². The van der Waals surface area contributed by atoms with Crippen molar-refractivity contribution in [2.75, 3.05) is 17.2 Å². The normalized spacial score (nSPS) is 10.4. The highest BCUT2D eigenvalue weighted by molar-refractivity contribution is 5.48. The largest absolute Gasteiger partial charge is 0.370 e. The third kappa shape index (κ3) is 4.41. The second kappa shape index (κ2) is 7.57. The summed E-state index contributed by atoms with van der Waals surface area (Å²) in [5.41, 5.74) is 2.41. The fourth-order valence-corrected chi connectivity index (χ4v) is 2.08. The number of rotatable bonds is 7. The van der Waals surface area contributed by atoms with Gasteiger partial charge in [-0.3, -0.25) is 4.98 Å². The molecule has 5 heteroatoms. The molecule has 0 unspecified atom stereocenters. The Kier molecular flexibility index (Phi) is 5.49. The van der Waals surface area contributed by atoms with Gasteiger partial charge in [-0.15, -0.1) is 0 Å². The SMILES string of the molecule is CCCc1nc(NCC)cc(NCc2ccncc2C)n1. The van der Waals surface area contributed by atoms with E-state index >= 15 is 0 Å². The van der Waals surface area contributed by atoms with Crippen molar-refractivity contribution in [3.05, 3.63) is 41.5 Å². The highest BCUT2D eigenvalue weighted by atomic mass is 15.1. The van der Waals surface area contributed by atoms with Crippen LogP contribution in [0, 0.1) is 6.92 Å². The van der Waals surface area contributed by atoms with E-state index in [0.29, 0.717) is 0 Å². The Morgan fingerprint density at radius 2 is 1.86 bits per heavy atom. The second-order valence-corrected chi connectivity index (χ2v) is 4.99. The van der Waals surface area contributed by atoms with Gasteiger partial charge in [-0.25, -0.2) is 9.97 Å². The van der Waals surface area contributed by atoms with Crippen LogP contribution in [0.3, 0.4) is 0 Å². The Hall–Kier alpha value is -2.17. The van der Waals surface area contributed by atoms with E-state index < -0.39 is 0 Å². The van der Waals surface area contributed by atoms with Gasteiger partial charge in [0.1, 0.15) is 17.5 Å². The van der Waals surface area contributed by atoms with Crippen LogP contribution in [0.15, 0.2) is 24.5 Å². The number of hydrogen-bond donors (Lipinski definition) is 2. The number of nitrogens with one attached hydrogen (secondary N) is 2. The molecule has 5 nitrogen and oxygen atoms in total. The predicted molar refractivity (Wildman–Crippen MR) is 86.5 cm³/mol. The first kappa shape index (κ1) is 15.2. The van der Waals surface area contributed by atoms with Gasteiger partial charge < -0.3 is 10.6 Å². The molecule has 0 bridgehead atoms. The molecule has 112 valence electrons. The summed E-state index contributed by atoms with van der Waals surface area (Å²) in [7, 11) is 0. The van der Waals surface area contributed by atoms with Gasteiger partial charge in [0.25, 0.3) is 0 Å². The van der Waals surface area contributed by atoms with E-state index in [9.17, 15) is 0 Å². The van der Waals surface area contributed by atoms with Gasteiger partial charge in [0.15, 0.2) is 0 Å². The van der Waals surface area contributed by atoms with Crippen LogP contribution in [-0.2, 0) is 13.0 Å². The van der Waals surface area contributed by atoms with Crippen molar-refractivity contribution in [1.29, 1.82) is 0 Å². The Bertz CT molecular complexity index is 558. The highest BCUT2D eigenvalue weighted by Gasteiger charge is 2.04. The molecule has 0 atom stereocenters. The molecule has 0 radical (unpaired) electrons. The zero-order valence-corrected chi connectivity index (χ0v) is 13.0. The maximum absolute atomic E-state index is 4.57. The van der Waals surface area contributed by atoms with Gasteiger partial charge in [-0.1, -0.05) is 6.92 Å². The average Bonchev–Trinajstić information content (AvgIpc) is 2.47. The van der Waals surface area contributed by atoms with Crippen LogP contribution >= 0.6 is 0 Å². The number of nitrogens with zero attached hydrogens (tertiary/aromatic N) is 3. The molecule has 0 spiro atoms. The molecule has 0 aliphatic rings. The van der Waals surface area contributed by atoms with Crippen molar-refractivity contribution < 1.29 is 0 Å². The van der Waals surface area contributed by atoms with Gasteiger partial charge in [-0.05, 0) is 37.5 Å². The van der Waals surface area contributed by atoms with Gasteiger partial charge in [0.05, 0.1) is 0 Å². The molecule has 0 aliphatic carbocycles.